The number of H-pyrrole nitrogens is 1. The summed E-state index contributed by atoms with van der Waals surface area (Å²) in [6.45, 7) is 0. The zero-order valence-electron chi connectivity index (χ0n) is 18.7. The van der Waals surface area contributed by atoms with Crippen molar-refractivity contribution < 1.29 is 4.79 Å². The summed E-state index contributed by atoms with van der Waals surface area (Å²) in [6.07, 6.45) is 2.75. The molecular formula is C26H18N8O2. The third-order valence-electron chi connectivity index (χ3n) is 5.59. The number of hydrogen-bond donors (Lipinski definition) is 2. The van der Waals surface area contributed by atoms with Crippen LogP contribution in [0.1, 0.15) is 10.6 Å². The zero-order chi connectivity index (χ0) is 24.5. The minimum atomic E-state index is -0.489. The Bertz CT molecular complexity index is 1700. The Balaban J connectivity index is 1.40. The number of carbonyl (C=O) groups is 1. The monoisotopic (exact) mass is 474 g/mol. The van der Waals surface area contributed by atoms with Crippen molar-refractivity contribution in [3.63, 3.8) is 0 Å². The maximum Gasteiger partial charge on any atom is 0.295 e. The van der Waals surface area contributed by atoms with Crippen molar-refractivity contribution in [2.75, 3.05) is 5.32 Å². The predicted molar refractivity (Wildman–Crippen MR) is 134 cm³/mol. The van der Waals surface area contributed by atoms with Crippen LogP contribution in [0.15, 0.2) is 102 Å². The molecule has 0 spiro atoms. The van der Waals surface area contributed by atoms with Crippen molar-refractivity contribution in [3.8, 4) is 22.8 Å². The Labute approximate surface area is 203 Å². The predicted octanol–water partition coefficient (Wildman–Crippen LogP) is 3.61. The molecule has 174 valence electrons. The van der Waals surface area contributed by atoms with Gasteiger partial charge in [-0.1, -0.05) is 60.7 Å². The molecule has 10 heteroatoms. The Morgan fingerprint density at radius 3 is 2.39 bits per heavy atom. The second-order valence-electron chi connectivity index (χ2n) is 7.87. The largest absolute Gasteiger partial charge is 0.317 e. The summed E-state index contributed by atoms with van der Waals surface area (Å²) in [5.74, 6) is 0.0608. The number of hydrogen-bond acceptors (Lipinski definition) is 6. The molecule has 10 nitrogen and oxygen atoms in total. The smallest absolute Gasteiger partial charge is 0.295 e. The minimum absolute atomic E-state index is 0.00685. The second kappa shape index (κ2) is 8.76. The maximum atomic E-state index is 13.3. The number of para-hydroxylation sites is 3. The number of nitrogens with zero attached hydrogens (tertiary/aromatic N) is 6. The van der Waals surface area contributed by atoms with Gasteiger partial charge in [-0.3, -0.25) is 9.59 Å². The molecule has 0 radical (unpaired) electrons. The number of carbonyl (C=O) groups excluding carboxylic acids is 1. The first-order valence-corrected chi connectivity index (χ1v) is 11.1. The van der Waals surface area contributed by atoms with Gasteiger partial charge in [-0.05, 0) is 24.3 Å². The van der Waals surface area contributed by atoms with Crippen molar-refractivity contribution in [2.24, 2.45) is 0 Å². The van der Waals surface area contributed by atoms with Crippen LogP contribution in [-0.2, 0) is 0 Å². The lowest BCUT2D eigenvalue weighted by atomic mass is 10.2. The molecule has 0 atom stereocenters. The number of rotatable bonds is 5. The van der Waals surface area contributed by atoms with E-state index in [9.17, 15) is 9.59 Å². The lowest BCUT2D eigenvalue weighted by Crippen LogP contribution is -2.16. The molecular weight excluding hydrogens is 456 g/mol. The fraction of sp³-hybridized carbons (Fsp3) is 0. The van der Waals surface area contributed by atoms with Gasteiger partial charge >= 0.3 is 0 Å². The Morgan fingerprint density at radius 1 is 0.861 bits per heavy atom. The van der Waals surface area contributed by atoms with Crippen LogP contribution >= 0.6 is 0 Å². The van der Waals surface area contributed by atoms with E-state index < -0.39 is 5.91 Å². The number of aromatic amines is 1. The lowest BCUT2D eigenvalue weighted by Gasteiger charge is -2.10. The van der Waals surface area contributed by atoms with Gasteiger partial charge in [-0.25, -0.2) is 19.3 Å². The Morgan fingerprint density at radius 2 is 1.58 bits per heavy atom. The third-order valence-corrected chi connectivity index (χ3v) is 5.59. The minimum Gasteiger partial charge on any atom is -0.317 e. The van der Waals surface area contributed by atoms with Crippen LogP contribution in [0.25, 0.3) is 33.8 Å². The van der Waals surface area contributed by atoms with E-state index >= 15 is 0 Å². The van der Waals surface area contributed by atoms with E-state index in [2.05, 4.69) is 30.5 Å². The van der Waals surface area contributed by atoms with Gasteiger partial charge in [0, 0.05) is 5.56 Å². The molecule has 0 fully saturated rings. The first-order chi connectivity index (χ1) is 17.7. The molecule has 36 heavy (non-hydrogen) atoms. The highest BCUT2D eigenvalue weighted by molar-refractivity contribution is 6.03. The quantitative estimate of drug-likeness (QED) is 0.393. The topological polar surface area (TPSA) is 123 Å². The van der Waals surface area contributed by atoms with Gasteiger partial charge in [0.2, 0.25) is 5.82 Å². The van der Waals surface area contributed by atoms with Gasteiger partial charge in [0.1, 0.15) is 5.39 Å². The summed E-state index contributed by atoms with van der Waals surface area (Å²) in [5, 5.41) is 12.1. The highest BCUT2D eigenvalue weighted by atomic mass is 16.2. The zero-order valence-corrected chi connectivity index (χ0v) is 18.7. The summed E-state index contributed by atoms with van der Waals surface area (Å²) in [7, 11) is 0. The second-order valence-corrected chi connectivity index (χ2v) is 7.87. The van der Waals surface area contributed by atoms with E-state index in [1.807, 2.05) is 66.7 Å². The van der Waals surface area contributed by atoms with Gasteiger partial charge < -0.3 is 10.3 Å². The highest BCUT2D eigenvalue weighted by Crippen LogP contribution is 2.24. The summed E-state index contributed by atoms with van der Waals surface area (Å²) in [4.78, 5) is 36.8. The van der Waals surface area contributed by atoms with Crippen LogP contribution in [-0.4, -0.2) is 40.4 Å². The molecule has 2 N–H and O–H groups in total. The van der Waals surface area contributed by atoms with Crippen molar-refractivity contribution in [1.82, 2.24) is 34.5 Å². The van der Waals surface area contributed by atoms with E-state index in [1.54, 1.807) is 22.9 Å². The van der Waals surface area contributed by atoms with Crippen LogP contribution in [0.2, 0.25) is 0 Å². The summed E-state index contributed by atoms with van der Waals surface area (Å²) < 4.78 is 3.15. The molecule has 0 aliphatic heterocycles. The fourth-order valence-corrected chi connectivity index (χ4v) is 3.91. The Kier molecular flexibility index (Phi) is 5.15. The van der Waals surface area contributed by atoms with Crippen LogP contribution < -0.4 is 10.9 Å². The number of fused-ring (bicyclic) bond motifs is 1. The van der Waals surface area contributed by atoms with Crippen LogP contribution in [0.5, 0.6) is 0 Å². The molecule has 6 aromatic rings. The fourth-order valence-electron chi connectivity index (χ4n) is 3.91. The van der Waals surface area contributed by atoms with Gasteiger partial charge in [-0.2, -0.15) is 5.10 Å². The number of benzene rings is 3. The molecule has 0 saturated carbocycles. The van der Waals surface area contributed by atoms with Crippen LogP contribution in [0.4, 0.5) is 5.69 Å². The lowest BCUT2D eigenvalue weighted by molar-refractivity contribution is 0.101. The first kappa shape index (κ1) is 21.2. The van der Waals surface area contributed by atoms with E-state index in [1.165, 1.54) is 17.2 Å². The van der Waals surface area contributed by atoms with Gasteiger partial charge in [0.05, 0.1) is 29.6 Å². The van der Waals surface area contributed by atoms with Gasteiger partial charge in [0.25, 0.3) is 11.5 Å². The highest BCUT2D eigenvalue weighted by Gasteiger charge is 2.20. The van der Waals surface area contributed by atoms with Crippen LogP contribution in [0.3, 0.4) is 0 Å². The van der Waals surface area contributed by atoms with E-state index in [0.29, 0.717) is 28.2 Å². The summed E-state index contributed by atoms with van der Waals surface area (Å²) in [6, 6.07) is 26.2. The van der Waals surface area contributed by atoms with Crippen molar-refractivity contribution in [3.05, 3.63) is 114 Å². The normalized spacial score (nSPS) is 11.0. The van der Waals surface area contributed by atoms with E-state index in [0.717, 1.165) is 11.3 Å². The van der Waals surface area contributed by atoms with Crippen LogP contribution in [0, 0.1) is 0 Å². The van der Waals surface area contributed by atoms with E-state index in [-0.39, 0.29) is 11.4 Å². The number of anilines is 1. The molecule has 3 heterocycles. The average molecular weight is 474 g/mol. The molecule has 0 saturated heterocycles. The number of amides is 1. The summed E-state index contributed by atoms with van der Waals surface area (Å²) >= 11 is 0. The van der Waals surface area contributed by atoms with E-state index in [4.69, 9.17) is 0 Å². The number of aromatic nitrogens is 7. The van der Waals surface area contributed by atoms with Crippen molar-refractivity contribution in [2.45, 2.75) is 0 Å². The van der Waals surface area contributed by atoms with Gasteiger partial charge in [0.15, 0.2) is 11.5 Å². The molecule has 6 rings (SSSR count). The number of nitrogens with one attached hydrogen (secondary N) is 2. The standard InChI is InChI=1S/C26H18N8O2/c35-25-19-15-29-34(24(19)27-16-28-25)21-14-8-7-13-20(21)30-26(36)22-31-23(17-9-3-1-4-10-17)33(32-22)18-11-5-2-6-12-18/h1-16H,(H,30,36)(H,27,28,35). The maximum absolute atomic E-state index is 13.3. The van der Waals surface area contributed by atoms with Crippen molar-refractivity contribution >= 4 is 22.6 Å². The average Bonchev–Trinajstić information content (AvgIpc) is 3.56. The molecule has 1 amide bonds. The molecule has 0 unspecified atom stereocenters. The van der Waals surface area contributed by atoms with Crippen molar-refractivity contribution in [1.29, 1.82) is 0 Å². The molecule has 3 aromatic heterocycles. The third kappa shape index (κ3) is 3.72. The molecule has 0 aliphatic carbocycles. The summed E-state index contributed by atoms with van der Waals surface area (Å²) in [5.41, 5.74) is 2.70. The first-order valence-electron chi connectivity index (χ1n) is 11.1. The molecule has 0 aliphatic rings. The SMILES string of the molecule is O=C(Nc1ccccc1-n1ncc2c(=O)[nH]cnc21)c1nc(-c2ccccc2)n(-c2ccccc2)n1. The molecule has 3 aromatic carbocycles. The van der Waals surface area contributed by atoms with Gasteiger partial charge in [-0.15, -0.1) is 5.10 Å². The Hall–Kier alpha value is -5.38. The molecule has 0 bridgehead atoms.